The molecule has 118 valence electrons. The highest BCUT2D eigenvalue weighted by Crippen LogP contribution is 2.28. The van der Waals surface area contributed by atoms with E-state index < -0.39 is 28.8 Å². The number of hydrogen-bond donors (Lipinski definition) is 2. The molecular formula is C12H15F3N2O3S. The van der Waals surface area contributed by atoms with Gasteiger partial charge in [-0.1, -0.05) is 0 Å². The summed E-state index contributed by atoms with van der Waals surface area (Å²) in [6.07, 6.45) is -3.34. The summed E-state index contributed by atoms with van der Waals surface area (Å²) in [5, 5.41) is 2.29. The fourth-order valence-electron chi connectivity index (χ4n) is 1.36. The van der Waals surface area contributed by atoms with Gasteiger partial charge in [-0.3, -0.25) is 9.00 Å². The maximum atomic E-state index is 12.1. The Morgan fingerprint density at radius 1 is 1.48 bits per heavy atom. The molecule has 3 N–H and O–H groups in total. The van der Waals surface area contributed by atoms with E-state index in [4.69, 9.17) is 5.73 Å². The van der Waals surface area contributed by atoms with E-state index in [1.807, 2.05) is 0 Å². The number of hydrogen-bond acceptors (Lipinski definition) is 4. The number of anilines is 1. The molecule has 1 aromatic rings. The lowest BCUT2D eigenvalue weighted by molar-refractivity contribution is -0.274. The van der Waals surface area contributed by atoms with Crippen molar-refractivity contribution in [1.82, 2.24) is 5.32 Å². The number of benzene rings is 1. The number of nitrogens with one attached hydrogen (secondary N) is 1. The third-order valence-corrected chi connectivity index (χ3v) is 3.91. The zero-order valence-electron chi connectivity index (χ0n) is 11.4. The SMILES string of the molecule is CC(CNC(=O)c1ccc(OC(F)(F)F)c(N)c1)S(C)=O. The highest BCUT2D eigenvalue weighted by atomic mass is 32.2. The van der Waals surface area contributed by atoms with Crippen LogP contribution < -0.4 is 15.8 Å². The smallest absolute Gasteiger partial charge is 0.404 e. The molecule has 2 atom stereocenters. The number of rotatable bonds is 5. The summed E-state index contributed by atoms with van der Waals surface area (Å²) in [6, 6.07) is 3.23. The molecule has 0 spiro atoms. The zero-order chi connectivity index (χ0) is 16.2. The van der Waals surface area contributed by atoms with Gasteiger partial charge in [0.25, 0.3) is 5.91 Å². The summed E-state index contributed by atoms with van der Waals surface area (Å²) in [5.41, 5.74) is 5.21. The molecule has 1 rings (SSSR count). The van der Waals surface area contributed by atoms with Gasteiger partial charge in [-0.15, -0.1) is 13.2 Å². The summed E-state index contributed by atoms with van der Waals surface area (Å²) >= 11 is 0. The largest absolute Gasteiger partial charge is 0.573 e. The van der Waals surface area contributed by atoms with E-state index in [0.717, 1.165) is 12.1 Å². The maximum Gasteiger partial charge on any atom is 0.573 e. The second-order valence-electron chi connectivity index (χ2n) is 4.32. The van der Waals surface area contributed by atoms with Crippen LogP contribution in [0, 0.1) is 0 Å². The lowest BCUT2D eigenvalue weighted by Gasteiger charge is -2.13. The summed E-state index contributed by atoms with van der Waals surface area (Å²) in [5.74, 6) is -1.08. The van der Waals surface area contributed by atoms with Crippen LogP contribution in [0.5, 0.6) is 5.75 Å². The van der Waals surface area contributed by atoms with E-state index in [9.17, 15) is 22.2 Å². The number of nitrogens with two attached hydrogens (primary N) is 1. The number of ether oxygens (including phenoxy) is 1. The molecule has 9 heteroatoms. The van der Waals surface area contributed by atoms with Gasteiger partial charge in [-0.2, -0.15) is 0 Å². The maximum absolute atomic E-state index is 12.1. The van der Waals surface area contributed by atoms with Crippen LogP contribution in [0.3, 0.4) is 0 Å². The van der Waals surface area contributed by atoms with Crippen LogP contribution in [0.2, 0.25) is 0 Å². The van der Waals surface area contributed by atoms with Gasteiger partial charge in [0.2, 0.25) is 0 Å². The minimum atomic E-state index is -4.85. The first-order valence-electron chi connectivity index (χ1n) is 5.86. The molecule has 1 aromatic carbocycles. The summed E-state index contributed by atoms with van der Waals surface area (Å²) < 4.78 is 51.1. The van der Waals surface area contributed by atoms with Gasteiger partial charge in [-0.25, -0.2) is 0 Å². The summed E-state index contributed by atoms with van der Waals surface area (Å²) in [7, 11) is -1.09. The third kappa shape index (κ3) is 5.62. The molecule has 0 heterocycles. The van der Waals surface area contributed by atoms with Crippen molar-refractivity contribution in [2.75, 3.05) is 18.5 Å². The Balaban J connectivity index is 2.75. The summed E-state index contributed by atoms with van der Waals surface area (Å²) in [4.78, 5) is 11.8. The first-order chi connectivity index (χ1) is 9.60. The van der Waals surface area contributed by atoms with E-state index in [0.29, 0.717) is 0 Å². The lowest BCUT2D eigenvalue weighted by Crippen LogP contribution is -2.32. The Labute approximate surface area is 122 Å². The van der Waals surface area contributed by atoms with Crippen LogP contribution in [-0.4, -0.2) is 34.5 Å². The first kappa shape index (κ1) is 17.3. The normalized spacial score (nSPS) is 14.3. The van der Waals surface area contributed by atoms with Gasteiger partial charge in [0.05, 0.1) is 5.69 Å². The molecule has 5 nitrogen and oxygen atoms in total. The van der Waals surface area contributed by atoms with Gasteiger partial charge in [0.1, 0.15) is 0 Å². The van der Waals surface area contributed by atoms with Crippen LogP contribution >= 0.6 is 0 Å². The average molecular weight is 324 g/mol. The Bertz CT molecular complexity index is 549. The second-order valence-corrected chi connectivity index (χ2v) is 6.12. The number of halogens is 3. The number of amides is 1. The molecule has 0 saturated heterocycles. The van der Waals surface area contributed by atoms with Crippen LogP contribution in [0.15, 0.2) is 18.2 Å². The molecule has 21 heavy (non-hydrogen) atoms. The van der Waals surface area contributed by atoms with E-state index in [1.165, 1.54) is 12.3 Å². The molecule has 0 aliphatic heterocycles. The second kappa shape index (κ2) is 6.79. The molecule has 0 fully saturated rings. The lowest BCUT2D eigenvalue weighted by atomic mass is 10.1. The standard InChI is InChI=1S/C12H15F3N2O3S/c1-7(21(2)19)6-17-11(18)8-3-4-10(9(16)5-8)20-12(13,14)15/h3-5,7H,6,16H2,1-2H3,(H,17,18). The Kier molecular flexibility index (Phi) is 5.59. The van der Waals surface area contributed by atoms with E-state index in [-0.39, 0.29) is 23.0 Å². The van der Waals surface area contributed by atoms with Crippen molar-refractivity contribution in [3.63, 3.8) is 0 Å². The van der Waals surface area contributed by atoms with E-state index >= 15 is 0 Å². The highest BCUT2D eigenvalue weighted by Gasteiger charge is 2.32. The third-order valence-electron chi connectivity index (χ3n) is 2.61. The van der Waals surface area contributed by atoms with Crippen LogP contribution in [0.25, 0.3) is 0 Å². The predicted octanol–water partition coefficient (Wildman–Crippen LogP) is 1.66. The molecule has 0 aliphatic carbocycles. The van der Waals surface area contributed by atoms with Crippen molar-refractivity contribution in [3.05, 3.63) is 23.8 Å². The average Bonchev–Trinajstić information content (AvgIpc) is 2.36. The quantitative estimate of drug-likeness (QED) is 0.807. The van der Waals surface area contributed by atoms with Crippen molar-refractivity contribution in [2.24, 2.45) is 0 Å². The zero-order valence-corrected chi connectivity index (χ0v) is 12.2. The fraction of sp³-hybridized carbons (Fsp3) is 0.417. The number of alkyl halides is 3. The van der Waals surface area contributed by atoms with Crippen LogP contribution in [0.4, 0.5) is 18.9 Å². The van der Waals surface area contributed by atoms with Gasteiger partial charge in [0.15, 0.2) is 5.75 Å². The Morgan fingerprint density at radius 3 is 2.57 bits per heavy atom. The van der Waals surface area contributed by atoms with Crippen LogP contribution in [-0.2, 0) is 10.8 Å². The number of nitrogen functional groups attached to an aromatic ring is 1. The minimum absolute atomic E-state index is 0.0936. The monoisotopic (exact) mass is 324 g/mol. The minimum Gasteiger partial charge on any atom is -0.404 e. The van der Waals surface area contributed by atoms with Gasteiger partial charge in [0, 0.05) is 34.4 Å². The Hall–Kier alpha value is -1.77. The van der Waals surface area contributed by atoms with E-state index in [2.05, 4.69) is 10.1 Å². The number of carbonyl (C=O) groups is 1. The molecule has 0 bridgehead atoms. The Morgan fingerprint density at radius 2 is 2.10 bits per heavy atom. The molecule has 1 amide bonds. The van der Waals surface area contributed by atoms with Crippen molar-refractivity contribution in [1.29, 1.82) is 0 Å². The molecule has 0 saturated carbocycles. The fourth-order valence-corrected chi connectivity index (χ4v) is 1.68. The van der Waals surface area contributed by atoms with E-state index in [1.54, 1.807) is 6.92 Å². The topological polar surface area (TPSA) is 81.4 Å². The van der Waals surface area contributed by atoms with Gasteiger partial charge in [-0.05, 0) is 25.1 Å². The molecule has 0 aliphatic rings. The van der Waals surface area contributed by atoms with Gasteiger partial charge < -0.3 is 15.8 Å². The molecule has 0 aromatic heterocycles. The van der Waals surface area contributed by atoms with Crippen molar-refractivity contribution in [2.45, 2.75) is 18.5 Å². The van der Waals surface area contributed by atoms with Crippen molar-refractivity contribution in [3.8, 4) is 5.75 Å². The first-order valence-corrected chi connectivity index (χ1v) is 7.48. The molecular weight excluding hydrogens is 309 g/mol. The predicted molar refractivity (Wildman–Crippen MR) is 73.4 cm³/mol. The molecule has 0 radical (unpaired) electrons. The number of carbonyl (C=O) groups excluding carboxylic acids is 1. The van der Waals surface area contributed by atoms with Gasteiger partial charge >= 0.3 is 6.36 Å². The highest BCUT2D eigenvalue weighted by molar-refractivity contribution is 7.84. The van der Waals surface area contributed by atoms with Crippen LogP contribution in [0.1, 0.15) is 17.3 Å². The van der Waals surface area contributed by atoms with Crippen molar-refractivity contribution >= 4 is 22.4 Å². The molecule has 2 unspecified atom stereocenters. The summed E-state index contributed by atoms with van der Waals surface area (Å²) in [6.45, 7) is 1.88. The van der Waals surface area contributed by atoms with Crippen molar-refractivity contribution < 1.29 is 26.9 Å².